The van der Waals surface area contributed by atoms with E-state index in [4.69, 9.17) is 0 Å². The minimum Gasteiger partial charge on any atom is -0.404 e. The minimum absolute atomic E-state index is 0.115. The lowest BCUT2D eigenvalue weighted by atomic mass is 9.66. The van der Waals surface area contributed by atoms with Crippen LogP contribution in [0.15, 0.2) is 60.8 Å². The highest BCUT2D eigenvalue weighted by atomic mass is 19.1. The summed E-state index contributed by atoms with van der Waals surface area (Å²) in [6.07, 6.45) is 1.79. The van der Waals surface area contributed by atoms with Gasteiger partial charge in [0.2, 0.25) is 0 Å². The number of nitrogens with zero attached hydrogens (tertiary/aromatic N) is 2. The number of hydrogen-bond acceptors (Lipinski definition) is 2. The molecule has 1 aliphatic heterocycles. The van der Waals surface area contributed by atoms with Gasteiger partial charge in [-0.2, -0.15) is 5.10 Å². The van der Waals surface area contributed by atoms with Crippen LogP contribution in [0.3, 0.4) is 0 Å². The van der Waals surface area contributed by atoms with Gasteiger partial charge in [-0.1, -0.05) is 30.3 Å². The highest BCUT2D eigenvalue weighted by Gasteiger charge is 2.30. The summed E-state index contributed by atoms with van der Waals surface area (Å²) >= 11 is 0. The third kappa shape index (κ3) is 1.63. The van der Waals surface area contributed by atoms with Crippen molar-refractivity contribution in [3.8, 4) is 11.3 Å². The average molecular weight is 263 g/mol. The van der Waals surface area contributed by atoms with Crippen LogP contribution in [-0.4, -0.2) is 16.7 Å². The Bertz CT molecular complexity index is 767. The molecule has 1 aromatic heterocycles. The molecule has 1 aliphatic rings. The molecule has 2 aromatic carbocycles. The van der Waals surface area contributed by atoms with Crippen LogP contribution < -0.4 is 10.7 Å². The molecule has 0 amide bonds. The summed E-state index contributed by atoms with van der Waals surface area (Å²) in [5.41, 5.74) is 4.23. The molecule has 0 saturated heterocycles. The first-order valence-corrected chi connectivity index (χ1v) is 6.48. The Morgan fingerprint density at radius 3 is 2.65 bits per heavy atom. The Balaban J connectivity index is 1.87. The highest BCUT2D eigenvalue weighted by molar-refractivity contribution is 6.75. The topological polar surface area (TPSA) is 29.9 Å². The van der Waals surface area contributed by atoms with Crippen LogP contribution in [0.1, 0.15) is 0 Å². The van der Waals surface area contributed by atoms with E-state index in [0.717, 1.165) is 22.4 Å². The first-order valence-electron chi connectivity index (χ1n) is 6.48. The van der Waals surface area contributed by atoms with E-state index in [1.54, 1.807) is 18.3 Å². The molecule has 96 valence electrons. The van der Waals surface area contributed by atoms with Gasteiger partial charge in [-0.3, -0.25) is 4.59 Å². The Hall–Kier alpha value is -2.56. The normalized spacial score (nSPS) is 12.6. The highest BCUT2D eigenvalue weighted by Crippen LogP contribution is 2.31. The number of para-hydroxylation sites is 1. The zero-order valence-electron chi connectivity index (χ0n) is 10.6. The molecule has 0 aliphatic carbocycles. The van der Waals surface area contributed by atoms with E-state index >= 15 is 0 Å². The van der Waals surface area contributed by atoms with Gasteiger partial charge in [0.1, 0.15) is 5.82 Å². The Labute approximate surface area is 116 Å². The lowest BCUT2D eigenvalue weighted by Gasteiger charge is -2.26. The molecule has 2 heterocycles. The first kappa shape index (κ1) is 11.3. The van der Waals surface area contributed by atoms with Gasteiger partial charge in [-0.15, -0.1) is 0 Å². The number of fused-ring (bicyclic) bond motifs is 3. The maximum absolute atomic E-state index is 13.1. The van der Waals surface area contributed by atoms with Crippen molar-refractivity contribution in [2.45, 2.75) is 0 Å². The monoisotopic (exact) mass is 263 g/mol. The van der Waals surface area contributed by atoms with Crippen LogP contribution >= 0.6 is 0 Å². The molecule has 5 heteroatoms. The van der Waals surface area contributed by atoms with Crippen LogP contribution in [0.5, 0.6) is 0 Å². The van der Waals surface area contributed by atoms with Gasteiger partial charge in [-0.25, -0.2) is 4.39 Å². The van der Waals surface area contributed by atoms with Crippen molar-refractivity contribution in [2.75, 3.05) is 5.23 Å². The number of hydrogen-bond donors (Lipinski definition) is 1. The van der Waals surface area contributed by atoms with Crippen molar-refractivity contribution in [1.82, 2.24) is 9.69 Å². The molecule has 0 radical (unpaired) electrons. The largest absolute Gasteiger partial charge is 0.430 e. The molecule has 4 rings (SSSR count). The molecule has 0 spiro atoms. The molecule has 3 aromatic rings. The molecule has 1 N–H and O–H groups in total. The summed E-state index contributed by atoms with van der Waals surface area (Å²) in [4.78, 5) is 0. The lowest BCUT2D eigenvalue weighted by molar-refractivity contribution is 0.628. The fourth-order valence-corrected chi connectivity index (χ4v) is 2.64. The quantitative estimate of drug-likeness (QED) is 0.683. The van der Waals surface area contributed by atoms with Crippen molar-refractivity contribution in [2.24, 2.45) is 0 Å². The molecule has 0 saturated carbocycles. The molecule has 0 atom stereocenters. The Morgan fingerprint density at radius 2 is 1.80 bits per heavy atom. The lowest BCUT2D eigenvalue weighted by Crippen LogP contribution is -2.48. The van der Waals surface area contributed by atoms with Crippen molar-refractivity contribution in [3.05, 3.63) is 66.6 Å². The van der Waals surface area contributed by atoms with Gasteiger partial charge in [0.25, 0.3) is 0 Å². The minimum atomic E-state index is -0.231. The van der Waals surface area contributed by atoms with Crippen LogP contribution in [0, 0.1) is 5.82 Å². The van der Waals surface area contributed by atoms with E-state index in [2.05, 4.69) is 16.4 Å². The van der Waals surface area contributed by atoms with E-state index in [0.29, 0.717) is 0 Å². The fourth-order valence-electron chi connectivity index (χ4n) is 2.64. The van der Waals surface area contributed by atoms with E-state index < -0.39 is 0 Å². The third-order valence-electron chi connectivity index (χ3n) is 3.60. The van der Waals surface area contributed by atoms with E-state index in [9.17, 15) is 4.39 Å². The maximum Gasteiger partial charge on any atom is 0.430 e. The molecule has 0 fully saturated rings. The van der Waals surface area contributed by atoms with Crippen molar-refractivity contribution >= 4 is 18.1 Å². The number of nitrogens with one attached hydrogen (secondary N) is 1. The van der Waals surface area contributed by atoms with Gasteiger partial charge in [-0.05, 0) is 29.7 Å². The van der Waals surface area contributed by atoms with Gasteiger partial charge in [0, 0.05) is 17.4 Å². The molecule has 0 bridgehead atoms. The second kappa shape index (κ2) is 4.23. The number of halogens is 1. The molecule has 3 nitrogen and oxygen atoms in total. The predicted octanol–water partition coefficient (Wildman–Crippen LogP) is 2.36. The fraction of sp³-hybridized carbons (Fsp3) is 0. The smallest absolute Gasteiger partial charge is 0.404 e. The van der Waals surface area contributed by atoms with E-state index in [1.165, 1.54) is 12.1 Å². The van der Waals surface area contributed by atoms with Gasteiger partial charge >= 0.3 is 6.98 Å². The summed E-state index contributed by atoms with van der Waals surface area (Å²) in [6.45, 7) is -0.115. The average Bonchev–Trinajstić information content (AvgIpc) is 2.97. The SMILES string of the molecule is Fc1ccc(B2Nc3ccccc3-c3ccnn32)cc1. The van der Waals surface area contributed by atoms with Crippen molar-refractivity contribution in [3.63, 3.8) is 0 Å². The predicted molar refractivity (Wildman–Crippen MR) is 78.5 cm³/mol. The van der Waals surface area contributed by atoms with Crippen molar-refractivity contribution in [1.29, 1.82) is 0 Å². The second-order valence-corrected chi connectivity index (χ2v) is 4.81. The van der Waals surface area contributed by atoms with E-state index in [-0.39, 0.29) is 12.8 Å². The van der Waals surface area contributed by atoms with E-state index in [1.807, 2.05) is 28.9 Å². The molecular formula is C15H11BFN3. The second-order valence-electron chi connectivity index (χ2n) is 4.81. The van der Waals surface area contributed by atoms with Gasteiger partial charge < -0.3 is 5.23 Å². The number of benzene rings is 2. The number of aromatic nitrogens is 2. The standard InChI is InChI=1S/C15H11BFN3/c17-12-7-5-11(6-8-12)16-19-14-4-2-1-3-13(14)15-9-10-18-20(15)16/h1-10,19H. The molecule has 0 unspecified atom stereocenters. The van der Waals surface area contributed by atoms with Crippen molar-refractivity contribution < 1.29 is 4.39 Å². The van der Waals surface area contributed by atoms with Crippen LogP contribution in [-0.2, 0) is 0 Å². The molecule has 20 heavy (non-hydrogen) atoms. The molecular weight excluding hydrogens is 252 g/mol. The Kier molecular flexibility index (Phi) is 2.39. The first-order chi connectivity index (χ1) is 9.83. The third-order valence-corrected chi connectivity index (χ3v) is 3.60. The van der Waals surface area contributed by atoms with Crippen LogP contribution in [0.25, 0.3) is 11.3 Å². The van der Waals surface area contributed by atoms with Gasteiger partial charge in [0.05, 0.1) is 5.69 Å². The summed E-state index contributed by atoms with van der Waals surface area (Å²) in [6, 6.07) is 16.6. The van der Waals surface area contributed by atoms with Crippen LogP contribution in [0.4, 0.5) is 10.1 Å². The van der Waals surface area contributed by atoms with Crippen LogP contribution in [0.2, 0.25) is 0 Å². The summed E-state index contributed by atoms with van der Waals surface area (Å²) in [5.74, 6) is -0.231. The summed E-state index contributed by atoms with van der Waals surface area (Å²) in [5, 5.41) is 7.85. The maximum atomic E-state index is 13.1. The summed E-state index contributed by atoms with van der Waals surface area (Å²) < 4.78 is 15.0. The number of rotatable bonds is 1. The summed E-state index contributed by atoms with van der Waals surface area (Å²) in [7, 11) is 0. The number of anilines is 1. The zero-order chi connectivity index (χ0) is 13.5. The zero-order valence-corrected chi connectivity index (χ0v) is 10.6. The Morgan fingerprint density at radius 1 is 1.00 bits per heavy atom. The van der Waals surface area contributed by atoms with Gasteiger partial charge in [0.15, 0.2) is 0 Å².